The lowest BCUT2D eigenvalue weighted by Crippen LogP contribution is -2.54. The maximum Gasteiger partial charge on any atom is 0.275 e. The number of nitrogens with one attached hydrogen (secondary N) is 2. The van der Waals surface area contributed by atoms with Crippen LogP contribution in [0.4, 0.5) is 0 Å². The minimum atomic E-state index is -1.51. The van der Waals surface area contributed by atoms with Crippen LogP contribution in [0, 0.1) is 0 Å². The van der Waals surface area contributed by atoms with Crippen LogP contribution in [0.15, 0.2) is 72.8 Å². The van der Waals surface area contributed by atoms with Crippen molar-refractivity contribution in [2.75, 3.05) is 40.4 Å². The van der Waals surface area contributed by atoms with Crippen molar-refractivity contribution in [2.24, 2.45) is 0 Å². The van der Waals surface area contributed by atoms with E-state index in [1.807, 2.05) is 24.3 Å². The van der Waals surface area contributed by atoms with Gasteiger partial charge in [-0.1, -0.05) is 48.5 Å². The van der Waals surface area contributed by atoms with E-state index in [0.717, 1.165) is 60.2 Å². The Balaban J connectivity index is 1.35. The van der Waals surface area contributed by atoms with E-state index in [9.17, 15) is 14.4 Å². The number of hydrogen-bond donors (Lipinski definition) is 3. The van der Waals surface area contributed by atoms with Crippen LogP contribution < -0.4 is 15.5 Å². The average Bonchev–Trinajstić information content (AvgIpc) is 3.00. The van der Waals surface area contributed by atoms with Gasteiger partial charge in [0, 0.05) is 39.3 Å². The molecule has 40 heavy (non-hydrogen) atoms. The Bertz CT molecular complexity index is 1290. The number of likely N-dealkylation sites (N-methyl/N-ethyl adjacent to an activating group) is 2. The van der Waals surface area contributed by atoms with Crippen LogP contribution in [0.3, 0.4) is 0 Å². The van der Waals surface area contributed by atoms with E-state index >= 15 is 0 Å². The molecule has 10 nitrogen and oxygen atoms in total. The normalized spacial score (nSPS) is 14.2. The predicted molar refractivity (Wildman–Crippen MR) is 149 cm³/mol. The number of benzene rings is 3. The summed E-state index contributed by atoms with van der Waals surface area (Å²) in [7, 11) is 2.67. The largest absolute Gasteiger partial charge is 0.489 e. The number of hydroxylamine groups is 1. The van der Waals surface area contributed by atoms with E-state index in [0.29, 0.717) is 12.2 Å². The quantitative estimate of drug-likeness (QED) is 0.203. The SMILES string of the molecule is CNC(=O)C(C(=O)NO)N(C)C(=O)c1ccc(-c2ccc(OCc3cccc(CN4CCOCC4)c3)cc2)cc1. The maximum absolute atomic E-state index is 12.9. The summed E-state index contributed by atoms with van der Waals surface area (Å²) in [5.74, 6) is -1.52. The van der Waals surface area contributed by atoms with Crippen molar-refractivity contribution in [3.63, 3.8) is 0 Å². The standard InChI is InChI=1S/C30H34N4O6/c1-31-28(35)27(29(36)32-38)33(2)30(37)25-8-6-23(7-9-25)24-10-12-26(13-11-24)40-20-22-5-3-4-21(18-22)19-34-14-16-39-17-15-34/h3-13,18,27,38H,14-17,19-20H2,1-2H3,(H,31,35)(H,32,36). The molecule has 1 heterocycles. The molecule has 4 rings (SSSR count). The van der Waals surface area contributed by atoms with E-state index in [1.54, 1.807) is 24.3 Å². The third-order valence-corrected chi connectivity index (χ3v) is 6.79. The monoisotopic (exact) mass is 546 g/mol. The predicted octanol–water partition coefficient (Wildman–Crippen LogP) is 2.46. The minimum Gasteiger partial charge on any atom is -0.489 e. The zero-order chi connectivity index (χ0) is 28.5. The fraction of sp³-hybridized carbons (Fsp3) is 0.300. The molecule has 1 aliphatic heterocycles. The number of carbonyl (C=O) groups excluding carboxylic acids is 3. The summed E-state index contributed by atoms with van der Waals surface area (Å²) < 4.78 is 11.4. The van der Waals surface area contributed by atoms with Crippen LogP contribution in [0.2, 0.25) is 0 Å². The van der Waals surface area contributed by atoms with Gasteiger partial charge in [0.15, 0.2) is 6.04 Å². The maximum atomic E-state index is 12.9. The number of carbonyl (C=O) groups is 3. The molecule has 0 bridgehead atoms. The minimum absolute atomic E-state index is 0.293. The smallest absolute Gasteiger partial charge is 0.275 e. The van der Waals surface area contributed by atoms with Gasteiger partial charge in [-0.25, -0.2) is 5.48 Å². The second kappa shape index (κ2) is 13.7. The highest BCUT2D eigenvalue weighted by atomic mass is 16.5. The summed E-state index contributed by atoms with van der Waals surface area (Å²) in [4.78, 5) is 40.3. The molecule has 0 aromatic heterocycles. The van der Waals surface area contributed by atoms with Crippen LogP contribution in [0.5, 0.6) is 5.75 Å². The van der Waals surface area contributed by atoms with Crippen molar-refractivity contribution in [2.45, 2.75) is 19.2 Å². The van der Waals surface area contributed by atoms with Crippen molar-refractivity contribution in [3.8, 4) is 16.9 Å². The van der Waals surface area contributed by atoms with Gasteiger partial charge in [0.1, 0.15) is 12.4 Å². The first-order valence-corrected chi connectivity index (χ1v) is 13.0. The third kappa shape index (κ3) is 7.23. The molecule has 0 radical (unpaired) electrons. The Morgan fingerprint density at radius 3 is 2.20 bits per heavy atom. The molecule has 1 unspecified atom stereocenters. The van der Waals surface area contributed by atoms with Gasteiger partial charge in [0.05, 0.1) is 13.2 Å². The van der Waals surface area contributed by atoms with Crippen molar-refractivity contribution < 1.29 is 29.1 Å². The molecular formula is C30H34N4O6. The molecule has 0 saturated carbocycles. The number of amides is 3. The van der Waals surface area contributed by atoms with E-state index in [-0.39, 0.29) is 0 Å². The molecule has 1 saturated heterocycles. The van der Waals surface area contributed by atoms with E-state index in [2.05, 4.69) is 34.5 Å². The Labute approximate surface area is 233 Å². The molecule has 3 aromatic carbocycles. The van der Waals surface area contributed by atoms with Gasteiger partial charge < -0.3 is 19.7 Å². The van der Waals surface area contributed by atoms with Crippen molar-refractivity contribution in [3.05, 3.63) is 89.5 Å². The molecule has 3 amide bonds. The Morgan fingerprint density at radius 1 is 0.950 bits per heavy atom. The highest BCUT2D eigenvalue weighted by Crippen LogP contribution is 2.24. The first-order chi connectivity index (χ1) is 19.4. The zero-order valence-electron chi connectivity index (χ0n) is 22.6. The fourth-order valence-corrected chi connectivity index (χ4v) is 4.54. The van der Waals surface area contributed by atoms with Gasteiger partial charge in [-0.05, 0) is 46.5 Å². The Kier molecular flexibility index (Phi) is 9.85. The Hall–Kier alpha value is -4.25. The van der Waals surface area contributed by atoms with Gasteiger partial charge in [-0.3, -0.25) is 24.5 Å². The van der Waals surface area contributed by atoms with Crippen molar-refractivity contribution >= 4 is 17.7 Å². The molecule has 10 heteroatoms. The Morgan fingerprint density at radius 2 is 1.57 bits per heavy atom. The highest BCUT2D eigenvalue weighted by Gasteiger charge is 2.33. The molecular weight excluding hydrogens is 512 g/mol. The summed E-state index contributed by atoms with van der Waals surface area (Å²) in [6.45, 7) is 4.83. The van der Waals surface area contributed by atoms with Gasteiger partial charge in [0.2, 0.25) is 0 Å². The molecule has 210 valence electrons. The van der Waals surface area contributed by atoms with E-state index < -0.39 is 23.8 Å². The van der Waals surface area contributed by atoms with Gasteiger partial charge in [0.25, 0.3) is 17.7 Å². The molecule has 3 N–H and O–H groups in total. The van der Waals surface area contributed by atoms with Gasteiger partial charge in [-0.2, -0.15) is 0 Å². The van der Waals surface area contributed by atoms with Crippen LogP contribution in [-0.4, -0.2) is 79.2 Å². The van der Waals surface area contributed by atoms with Crippen molar-refractivity contribution in [1.29, 1.82) is 0 Å². The van der Waals surface area contributed by atoms with Crippen LogP contribution >= 0.6 is 0 Å². The average molecular weight is 547 g/mol. The van der Waals surface area contributed by atoms with E-state index in [1.165, 1.54) is 25.1 Å². The number of rotatable bonds is 10. The summed E-state index contributed by atoms with van der Waals surface area (Å²) in [6.07, 6.45) is 0. The first kappa shape index (κ1) is 28.8. The summed E-state index contributed by atoms with van der Waals surface area (Å²) in [6, 6.07) is 21.4. The van der Waals surface area contributed by atoms with Gasteiger partial charge >= 0.3 is 0 Å². The lowest BCUT2D eigenvalue weighted by atomic mass is 10.0. The van der Waals surface area contributed by atoms with Crippen molar-refractivity contribution in [1.82, 2.24) is 20.6 Å². The zero-order valence-corrected chi connectivity index (χ0v) is 22.6. The van der Waals surface area contributed by atoms with E-state index in [4.69, 9.17) is 14.7 Å². The van der Waals surface area contributed by atoms with Crippen LogP contribution in [0.25, 0.3) is 11.1 Å². The molecule has 0 spiro atoms. The lowest BCUT2D eigenvalue weighted by Gasteiger charge is -2.26. The molecule has 3 aromatic rings. The number of morpholine rings is 1. The lowest BCUT2D eigenvalue weighted by molar-refractivity contribution is -0.140. The topological polar surface area (TPSA) is 120 Å². The second-order valence-electron chi connectivity index (χ2n) is 9.51. The summed E-state index contributed by atoms with van der Waals surface area (Å²) in [5, 5.41) is 11.3. The molecule has 1 aliphatic rings. The summed E-state index contributed by atoms with van der Waals surface area (Å²) in [5.41, 5.74) is 5.91. The second-order valence-corrected chi connectivity index (χ2v) is 9.51. The fourth-order valence-electron chi connectivity index (χ4n) is 4.54. The van der Waals surface area contributed by atoms with Crippen LogP contribution in [-0.2, 0) is 27.5 Å². The molecule has 1 atom stereocenters. The number of nitrogens with zero attached hydrogens (tertiary/aromatic N) is 2. The molecule has 1 fully saturated rings. The number of hydrogen-bond acceptors (Lipinski definition) is 7. The van der Waals surface area contributed by atoms with Crippen LogP contribution in [0.1, 0.15) is 21.5 Å². The first-order valence-electron chi connectivity index (χ1n) is 13.0. The third-order valence-electron chi connectivity index (χ3n) is 6.79. The van der Waals surface area contributed by atoms with Gasteiger partial charge in [-0.15, -0.1) is 0 Å². The summed E-state index contributed by atoms with van der Waals surface area (Å²) >= 11 is 0. The highest BCUT2D eigenvalue weighted by molar-refractivity contribution is 6.08. The number of ether oxygens (including phenoxy) is 2. The molecule has 0 aliphatic carbocycles.